The summed E-state index contributed by atoms with van der Waals surface area (Å²) in [5.41, 5.74) is 1.10. The zero-order valence-corrected chi connectivity index (χ0v) is 12.1. The number of aliphatic carboxylic acids is 1. The molecule has 6 nitrogen and oxygen atoms in total. The maximum atomic E-state index is 12.2. The van der Waals surface area contributed by atoms with Gasteiger partial charge in [0, 0.05) is 17.5 Å². The average Bonchev–Trinajstić information content (AvgIpc) is 3.02. The molecule has 108 valence electrons. The van der Waals surface area contributed by atoms with Gasteiger partial charge in [-0.15, -0.1) is 11.3 Å². The number of hydrogen-bond donors (Lipinski definition) is 2. The first-order valence-electron chi connectivity index (χ1n) is 6.85. The number of fused-ring (bicyclic) bond motifs is 1. The Hall–Kier alpha value is -1.63. The molecule has 1 saturated heterocycles. The van der Waals surface area contributed by atoms with Crippen LogP contribution in [0.5, 0.6) is 0 Å². The van der Waals surface area contributed by atoms with Crippen LogP contribution in [-0.2, 0) is 17.6 Å². The number of carboxylic acid groups (broad SMARTS) is 1. The Morgan fingerprint density at radius 2 is 2.25 bits per heavy atom. The van der Waals surface area contributed by atoms with E-state index in [9.17, 15) is 9.59 Å². The number of likely N-dealkylation sites (tertiary alicyclic amines) is 1. The summed E-state index contributed by atoms with van der Waals surface area (Å²) in [5, 5.41) is 12.5. The second-order valence-electron chi connectivity index (χ2n) is 5.34. The first-order chi connectivity index (χ1) is 9.56. The van der Waals surface area contributed by atoms with Crippen molar-refractivity contribution in [3.8, 4) is 0 Å². The van der Waals surface area contributed by atoms with E-state index in [1.807, 2.05) is 0 Å². The molecule has 2 heterocycles. The summed E-state index contributed by atoms with van der Waals surface area (Å²) < 4.78 is 0. The van der Waals surface area contributed by atoms with Gasteiger partial charge in [0.1, 0.15) is 0 Å². The van der Waals surface area contributed by atoms with Crippen molar-refractivity contribution in [2.45, 2.75) is 38.6 Å². The summed E-state index contributed by atoms with van der Waals surface area (Å²) >= 11 is 1.53. The van der Waals surface area contributed by atoms with E-state index in [2.05, 4.69) is 10.3 Å². The van der Waals surface area contributed by atoms with Crippen molar-refractivity contribution < 1.29 is 14.7 Å². The van der Waals surface area contributed by atoms with E-state index < -0.39 is 11.9 Å². The van der Waals surface area contributed by atoms with E-state index >= 15 is 0 Å². The molecule has 3 rings (SSSR count). The Morgan fingerprint density at radius 1 is 1.45 bits per heavy atom. The first kappa shape index (κ1) is 13.4. The predicted octanol–water partition coefficient (Wildman–Crippen LogP) is 1.96. The van der Waals surface area contributed by atoms with Crippen LogP contribution < -0.4 is 5.32 Å². The monoisotopic (exact) mass is 295 g/mol. The van der Waals surface area contributed by atoms with Crippen LogP contribution in [0.15, 0.2) is 0 Å². The predicted molar refractivity (Wildman–Crippen MR) is 75.1 cm³/mol. The fourth-order valence-electron chi connectivity index (χ4n) is 2.96. The lowest BCUT2D eigenvalue weighted by Gasteiger charge is -2.22. The van der Waals surface area contributed by atoms with Crippen molar-refractivity contribution in [1.82, 2.24) is 9.88 Å². The number of amides is 2. The zero-order valence-electron chi connectivity index (χ0n) is 11.3. The molecule has 2 atom stereocenters. The molecule has 2 amide bonds. The summed E-state index contributed by atoms with van der Waals surface area (Å²) in [7, 11) is 0. The maximum absolute atomic E-state index is 12.2. The summed E-state index contributed by atoms with van der Waals surface area (Å²) in [4.78, 5) is 30.5. The highest BCUT2D eigenvalue weighted by molar-refractivity contribution is 7.15. The highest BCUT2D eigenvalue weighted by Crippen LogP contribution is 2.31. The minimum Gasteiger partial charge on any atom is -0.481 e. The molecule has 0 spiro atoms. The topological polar surface area (TPSA) is 82.5 Å². The molecule has 1 aliphatic heterocycles. The number of urea groups is 1. The highest BCUT2D eigenvalue weighted by Gasteiger charge is 2.38. The fourth-order valence-corrected chi connectivity index (χ4v) is 4.00. The third-order valence-electron chi connectivity index (χ3n) is 4.14. The molecule has 1 aliphatic carbocycles. The number of hydrogen-bond acceptors (Lipinski definition) is 4. The highest BCUT2D eigenvalue weighted by atomic mass is 32.1. The van der Waals surface area contributed by atoms with Crippen LogP contribution in [0, 0.1) is 5.92 Å². The van der Waals surface area contributed by atoms with E-state index in [-0.39, 0.29) is 12.1 Å². The lowest BCUT2D eigenvalue weighted by Crippen LogP contribution is -2.40. The van der Waals surface area contributed by atoms with Gasteiger partial charge in [-0.1, -0.05) is 0 Å². The molecule has 1 aromatic rings. The van der Waals surface area contributed by atoms with Gasteiger partial charge in [0.25, 0.3) is 0 Å². The van der Waals surface area contributed by atoms with E-state index in [1.165, 1.54) is 16.2 Å². The zero-order chi connectivity index (χ0) is 14.3. The van der Waals surface area contributed by atoms with Crippen molar-refractivity contribution in [1.29, 1.82) is 0 Å². The lowest BCUT2D eigenvalue weighted by atomic mass is 10.0. The molecule has 0 aromatic carbocycles. The molecule has 2 aliphatic rings. The number of aryl methyl sites for hydroxylation is 2. The van der Waals surface area contributed by atoms with Gasteiger partial charge in [0.15, 0.2) is 5.13 Å². The maximum Gasteiger partial charge on any atom is 0.323 e. The molecule has 2 N–H and O–H groups in total. The Kier molecular flexibility index (Phi) is 3.37. The van der Waals surface area contributed by atoms with Crippen LogP contribution >= 0.6 is 11.3 Å². The van der Waals surface area contributed by atoms with Gasteiger partial charge in [0.2, 0.25) is 0 Å². The molecular weight excluding hydrogens is 278 g/mol. The summed E-state index contributed by atoms with van der Waals surface area (Å²) in [6, 6.07) is -0.520. The number of anilines is 1. The van der Waals surface area contributed by atoms with Crippen LogP contribution in [-0.4, -0.2) is 39.6 Å². The van der Waals surface area contributed by atoms with Gasteiger partial charge in [-0.3, -0.25) is 10.1 Å². The Labute approximate surface area is 120 Å². The fraction of sp³-hybridized carbons (Fsp3) is 0.615. The van der Waals surface area contributed by atoms with Crippen LogP contribution in [0.25, 0.3) is 0 Å². The molecule has 1 aromatic heterocycles. The molecule has 0 saturated carbocycles. The van der Waals surface area contributed by atoms with Gasteiger partial charge < -0.3 is 10.0 Å². The quantitative estimate of drug-likeness (QED) is 0.873. The lowest BCUT2D eigenvalue weighted by molar-refractivity contribution is -0.142. The normalized spacial score (nSPS) is 24.8. The van der Waals surface area contributed by atoms with Crippen molar-refractivity contribution >= 4 is 28.5 Å². The Bertz CT molecular complexity index is 536. The molecule has 20 heavy (non-hydrogen) atoms. The average molecular weight is 295 g/mol. The van der Waals surface area contributed by atoms with Gasteiger partial charge in [-0.25, -0.2) is 9.78 Å². The van der Waals surface area contributed by atoms with Crippen molar-refractivity contribution in [3.05, 3.63) is 10.6 Å². The van der Waals surface area contributed by atoms with E-state index in [0.29, 0.717) is 18.1 Å². The van der Waals surface area contributed by atoms with Gasteiger partial charge in [0.05, 0.1) is 11.6 Å². The molecule has 7 heteroatoms. The Morgan fingerprint density at radius 3 is 2.90 bits per heavy atom. The Balaban J connectivity index is 1.66. The van der Waals surface area contributed by atoms with Gasteiger partial charge in [-0.05, 0) is 32.6 Å². The van der Waals surface area contributed by atoms with Crippen molar-refractivity contribution in [2.24, 2.45) is 5.92 Å². The van der Waals surface area contributed by atoms with Crippen LogP contribution in [0.4, 0.5) is 9.93 Å². The first-order valence-corrected chi connectivity index (χ1v) is 7.67. The van der Waals surface area contributed by atoms with E-state index in [4.69, 9.17) is 5.11 Å². The third kappa shape index (κ3) is 2.26. The van der Waals surface area contributed by atoms with Crippen LogP contribution in [0.3, 0.4) is 0 Å². The number of thiazole rings is 1. The van der Waals surface area contributed by atoms with E-state index in [1.54, 1.807) is 11.8 Å². The van der Waals surface area contributed by atoms with Gasteiger partial charge in [-0.2, -0.15) is 0 Å². The second kappa shape index (κ2) is 5.05. The number of carbonyl (C=O) groups is 2. The van der Waals surface area contributed by atoms with Crippen LogP contribution in [0.1, 0.15) is 30.3 Å². The molecule has 0 bridgehead atoms. The number of rotatable bonds is 2. The van der Waals surface area contributed by atoms with Crippen molar-refractivity contribution in [2.75, 3.05) is 11.9 Å². The number of carbonyl (C=O) groups excluding carboxylic acids is 1. The number of carboxylic acids is 1. The summed E-state index contributed by atoms with van der Waals surface area (Å²) in [6.07, 6.45) is 3.69. The summed E-state index contributed by atoms with van der Waals surface area (Å²) in [6.45, 7) is 2.27. The number of aromatic nitrogens is 1. The smallest absolute Gasteiger partial charge is 0.323 e. The molecular formula is C13H17N3O3S. The minimum atomic E-state index is -0.832. The molecule has 2 unspecified atom stereocenters. The number of nitrogens with one attached hydrogen (secondary N) is 1. The largest absolute Gasteiger partial charge is 0.481 e. The second-order valence-corrected chi connectivity index (χ2v) is 6.42. The van der Waals surface area contributed by atoms with Crippen molar-refractivity contribution in [3.63, 3.8) is 0 Å². The third-order valence-corrected chi connectivity index (χ3v) is 5.22. The molecule has 0 radical (unpaired) electrons. The summed E-state index contributed by atoms with van der Waals surface area (Å²) in [5.74, 6) is -1.30. The van der Waals surface area contributed by atoms with Gasteiger partial charge >= 0.3 is 12.0 Å². The van der Waals surface area contributed by atoms with E-state index in [0.717, 1.165) is 25.0 Å². The minimum absolute atomic E-state index is 0.242. The van der Waals surface area contributed by atoms with Crippen LogP contribution in [0.2, 0.25) is 0 Å². The SMILES string of the molecule is CC1C(C(=O)O)CCN1C(=O)Nc1nc2c(s1)CCC2. The number of nitrogens with zero attached hydrogens (tertiary/aromatic N) is 2. The standard InChI is InChI=1S/C13H17N3O3S/c1-7-8(11(17)18)5-6-16(7)13(19)15-12-14-9-3-2-4-10(9)20-12/h7-8H,2-6H2,1H3,(H,17,18)(H,14,15,19). The molecule has 1 fully saturated rings.